The second-order valence-corrected chi connectivity index (χ2v) is 6.33. The molecule has 1 aromatic carbocycles. The summed E-state index contributed by atoms with van der Waals surface area (Å²) in [5.41, 5.74) is 8.57. The second kappa shape index (κ2) is 10.9. The summed E-state index contributed by atoms with van der Waals surface area (Å²) in [6, 6.07) is 9.13. The van der Waals surface area contributed by atoms with Crippen LogP contribution >= 0.6 is 24.0 Å². The fraction of sp³-hybridized carbons (Fsp3) is 0.611. The summed E-state index contributed by atoms with van der Waals surface area (Å²) < 4.78 is 0. The number of guanidine groups is 1. The number of hydrogen-bond donors (Lipinski definition) is 2. The molecular weight excluding hydrogens is 399 g/mol. The van der Waals surface area contributed by atoms with E-state index in [-0.39, 0.29) is 24.0 Å². The van der Waals surface area contributed by atoms with Crippen molar-refractivity contribution in [2.24, 2.45) is 10.7 Å². The number of benzene rings is 1. The lowest BCUT2D eigenvalue weighted by molar-refractivity contribution is 0.345. The maximum Gasteiger partial charge on any atom is 0.189 e. The van der Waals surface area contributed by atoms with Crippen molar-refractivity contribution in [3.8, 4) is 0 Å². The van der Waals surface area contributed by atoms with Gasteiger partial charge in [0.15, 0.2) is 5.96 Å². The molecule has 1 aliphatic rings. The molecule has 2 rings (SSSR count). The summed E-state index contributed by atoms with van der Waals surface area (Å²) in [6.45, 7) is 4.85. The third-order valence-electron chi connectivity index (χ3n) is 4.37. The molecule has 0 heterocycles. The highest BCUT2D eigenvalue weighted by Gasteiger charge is 2.13. The van der Waals surface area contributed by atoms with Crippen LogP contribution in [-0.2, 0) is 13.1 Å². The lowest BCUT2D eigenvalue weighted by Gasteiger charge is -2.23. The quantitative estimate of drug-likeness (QED) is 0.413. The molecular formula is C18H31IN4. The van der Waals surface area contributed by atoms with Crippen LogP contribution in [0.25, 0.3) is 0 Å². The van der Waals surface area contributed by atoms with E-state index in [1.54, 1.807) is 0 Å². The minimum atomic E-state index is 0. The van der Waals surface area contributed by atoms with Crippen LogP contribution in [0, 0.1) is 0 Å². The third kappa shape index (κ3) is 7.52. The average Bonchev–Trinajstić information content (AvgIpc) is 2.54. The zero-order valence-electron chi connectivity index (χ0n) is 14.4. The molecule has 1 fully saturated rings. The predicted molar refractivity (Wildman–Crippen MR) is 109 cm³/mol. The zero-order valence-corrected chi connectivity index (χ0v) is 16.8. The maximum atomic E-state index is 6.02. The number of nitrogens with zero attached hydrogens (tertiary/aromatic N) is 2. The standard InChI is InChI=1S/C18H30N4.HI/c1-3-22(2)14-16-9-7-8-15(12-16)13-20-18(19)21-17-10-5-4-6-11-17;/h7-9,12,17H,3-6,10-11,13-14H2,1-2H3,(H3,19,20,21);1H. The smallest absolute Gasteiger partial charge is 0.189 e. The fourth-order valence-corrected chi connectivity index (χ4v) is 2.93. The van der Waals surface area contributed by atoms with Gasteiger partial charge in [-0.3, -0.25) is 0 Å². The first kappa shape index (κ1) is 20.2. The van der Waals surface area contributed by atoms with Crippen LogP contribution in [0.4, 0.5) is 0 Å². The van der Waals surface area contributed by atoms with Crippen LogP contribution < -0.4 is 11.1 Å². The first-order valence-electron chi connectivity index (χ1n) is 8.50. The molecule has 5 heteroatoms. The van der Waals surface area contributed by atoms with Gasteiger partial charge in [0.2, 0.25) is 0 Å². The van der Waals surface area contributed by atoms with Crippen molar-refractivity contribution in [2.75, 3.05) is 13.6 Å². The van der Waals surface area contributed by atoms with Crippen molar-refractivity contribution < 1.29 is 0 Å². The fourth-order valence-electron chi connectivity index (χ4n) is 2.93. The van der Waals surface area contributed by atoms with Crippen LogP contribution in [0.1, 0.15) is 50.2 Å². The maximum absolute atomic E-state index is 6.02. The molecule has 23 heavy (non-hydrogen) atoms. The molecule has 1 saturated carbocycles. The molecule has 0 atom stereocenters. The van der Waals surface area contributed by atoms with E-state index in [0.29, 0.717) is 18.5 Å². The highest BCUT2D eigenvalue weighted by Crippen LogP contribution is 2.17. The summed E-state index contributed by atoms with van der Waals surface area (Å²) in [4.78, 5) is 6.79. The Morgan fingerprint density at radius 1 is 1.26 bits per heavy atom. The Morgan fingerprint density at radius 2 is 1.96 bits per heavy atom. The van der Waals surface area contributed by atoms with Crippen molar-refractivity contribution in [2.45, 2.75) is 58.2 Å². The zero-order chi connectivity index (χ0) is 15.8. The van der Waals surface area contributed by atoms with Crippen LogP contribution in [-0.4, -0.2) is 30.5 Å². The van der Waals surface area contributed by atoms with Gasteiger partial charge in [-0.05, 0) is 37.6 Å². The van der Waals surface area contributed by atoms with Gasteiger partial charge in [-0.15, -0.1) is 24.0 Å². The lowest BCUT2D eigenvalue weighted by atomic mass is 9.96. The first-order chi connectivity index (χ1) is 10.7. The monoisotopic (exact) mass is 430 g/mol. The SMILES string of the molecule is CCN(C)Cc1cccc(CN=C(N)NC2CCCCC2)c1.I. The Labute approximate surface area is 157 Å². The lowest BCUT2D eigenvalue weighted by Crippen LogP contribution is -2.41. The number of hydrogen-bond acceptors (Lipinski definition) is 2. The Morgan fingerprint density at radius 3 is 2.65 bits per heavy atom. The Bertz CT molecular complexity index is 484. The van der Waals surface area contributed by atoms with Crippen LogP contribution in [0.5, 0.6) is 0 Å². The van der Waals surface area contributed by atoms with E-state index in [1.165, 1.54) is 43.2 Å². The molecule has 0 aromatic heterocycles. The molecule has 1 aromatic rings. The molecule has 130 valence electrons. The minimum absolute atomic E-state index is 0. The van der Waals surface area contributed by atoms with Gasteiger partial charge >= 0.3 is 0 Å². The molecule has 3 N–H and O–H groups in total. The van der Waals surface area contributed by atoms with E-state index in [4.69, 9.17) is 5.73 Å². The summed E-state index contributed by atoms with van der Waals surface area (Å²) in [7, 11) is 2.14. The molecule has 0 bridgehead atoms. The topological polar surface area (TPSA) is 53.6 Å². The summed E-state index contributed by atoms with van der Waals surface area (Å²) in [5.74, 6) is 0.586. The van der Waals surface area contributed by atoms with Crippen molar-refractivity contribution >= 4 is 29.9 Å². The Kier molecular flexibility index (Phi) is 9.55. The predicted octanol–water partition coefficient (Wildman–Crippen LogP) is 3.49. The van der Waals surface area contributed by atoms with Crippen LogP contribution in [0.3, 0.4) is 0 Å². The summed E-state index contributed by atoms with van der Waals surface area (Å²) >= 11 is 0. The van der Waals surface area contributed by atoms with Crippen LogP contribution in [0.15, 0.2) is 29.3 Å². The number of rotatable bonds is 6. The van der Waals surface area contributed by atoms with Gasteiger partial charge in [-0.1, -0.05) is 50.5 Å². The molecule has 0 spiro atoms. The third-order valence-corrected chi connectivity index (χ3v) is 4.37. The molecule has 1 aliphatic carbocycles. The number of halogens is 1. The van der Waals surface area contributed by atoms with Gasteiger partial charge in [-0.25, -0.2) is 4.99 Å². The molecule has 0 aliphatic heterocycles. The van der Waals surface area contributed by atoms with E-state index in [9.17, 15) is 0 Å². The second-order valence-electron chi connectivity index (χ2n) is 6.33. The highest BCUT2D eigenvalue weighted by atomic mass is 127. The number of aliphatic imine (C=N–C) groups is 1. The van der Waals surface area contributed by atoms with Crippen LogP contribution in [0.2, 0.25) is 0 Å². The van der Waals surface area contributed by atoms with Gasteiger partial charge in [-0.2, -0.15) is 0 Å². The van der Waals surface area contributed by atoms with Crippen molar-refractivity contribution in [1.29, 1.82) is 0 Å². The number of nitrogens with two attached hydrogens (primary N) is 1. The van der Waals surface area contributed by atoms with E-state index in [0.717, 1.165) is 13.1 Å². The first-order valence-corrected chi connectivity index (χ1v) is 8.50. The molecule has 4 nitrogen and oxygen atoms in total. The van der Waals surface area contributed by atoms with Crippen molar-refractivity contribution in [3.05, 3.63) is 35.4 Å². The average molecular weight is 430 g/mol. The van der Waals surface area contributed by atoms with Crippen molar-refractivity contribution in [1.82, 2.24) is 10.2 Å². The molecule has 0 radical (unpaired) electrons. The Hall–Kier alpha value is -0.820. The van der Waals surface area contributed by atoms with Gasteiger partial charge in [0.25, 0.3) is 0 Å². The van der Waals surface area contributed by atoms with Gasteiger partial charge in [0.05, 0.1) is 6.54 Å². The molecule has 0 saturated heterocycles. The highest BCUT2D eigenvalue weighted by molar-refractivity contribution is 14.0. The van der Waals surface area contributed by atoms with E-state index < -0.39 is 0 Å². The summed E-state index contributed by atoms with van der Waals surface area (Å²) in [6.07, 6.45) is 6.40. The summed E-state index contributed by atoms with van der Waals surface area (Å²) in [5, 5.41) is 3.36. The molecule has 0 unspecified atom stereocenters. The normalized spacial score (nSPS) is 16.2. The van der Waals surface area contributed by atoms with Crippen molar-refractivity contribution in [3.63, 3.8) is 0 Å². The van der Waals surface area contributed by atoms with Gasteiger partial charge in [0, 0.05) is 12.6 Å². The van der Waals surface area contributed by atoms with E-state index >= 15 is 0 Å². The number of nitrogens with one attached hydrogen (secondary N) is 1. The molecule has 0 amide bonds. The van der Waals surface area contributed by atoms with Gasteiger partial charge in [0.1, 0.15) is 0 Å². The minimum Gasteiger partial charge on any atom is -0.370 e. The van der Waals surface area contributed by atoms with E-state index in [1.807, 2.05) is 0 Å². The van der Waals surface area contributed by atoms with Gasteiger partial charge < -0.3 is 16.0 Å². The largest absolute Gasteiger partial charge is 0.370 e. The Balaban J connectivity index is 0.00000264. The van der Waals surface area contributed by atoms with E-state index in [2.05, 4.69) is 53.4 Å².